The van der Waals surface area contributed by atoms with Crippen LogP contribution in [0.4, 0.5) is 0 Å². The van der Waals surface area contributed by atoms with Gasteiger partial charge in [0.25, 0.3) is 0 Å². The van der Waals surface area contributed by atoms with Crippen LogP contribution in [-0.2, 0) is 0 Å². The van der Waals surface area contributed by atoms with Crippen molar-refractivity contribution < 1.29 is 0 Å². The fourth-order valence-electron chi connectivity index (χ4n) is 1.13. The SMILES string of the molecule is Clc1[c]cnc(-c2ccccc2)c1. The highest BCUT2D eigenvalue weighted by Crippen LogP contribution is 2.18. The predicted octanol–water partition coefficient (Wildman–Crippen LogP) is 3.20. The van der Waals surface area contributed by atoms with E-state index < -0.39 is 0 Å². The van der Waals surface area contributed by atoms with E-state index in [1.54, 1.807) is 12.3 Å². The van der Waals surface area contributed by atoms with E-state index in [0.717, 1.165) is 11.3 Å². The van der Waals surface area contributed by atoms with Crippen molar-refractivity contribution in [2.24, 2.45) is 0 Å². The molecule has 0 bridgehead atoms. The molecule has 0 fully saturated rings. The quantitative estimate of drug-likeness (QED) is 0.670. The summed E-state index contributed by atoms with van der Waals surface area (Å²) in [5, 5.41) is 0.592. The minimum atomic E-state index is 0.592. The van der Waals surface area contributed by atoms with Gasteiger partial charge in [-0.1, -0.05) is 41.9 Å². The first-order valence-corrected chi connectivity index (χ1v) is 4.33. The van der Waals surface area contributed by atoms with E-state index in [-0.39, 0.29) is 0 Å². The van der Waals surface area contributed by atoms with Crippen LogP contribution in [0.2, 0.25) is 5.02 Å². The molecule has 0 aliphatic heterocycles. The fourth-order valence-corrected chi connectivity index (χ4v) is 1.28. The third-order valence-electron chi connectivity index (χ3n) is 1.74. The van der Waals surface area contributed by atoms with Crippen LogP contribution in [-0.4, -0.2) is 4.98 Å². The average molecular weight is 189 g/mol. The zero-order chi connectivity index (χ0) is 9.10. The molecule has 1 aromatic carbocycles. The van der Waals surface area contributed by atoms with Gasteiger partial charge in [0.05, 0.1) is 10.7 Å². The largest absolute Gasteiger partial charge is 0.256 e. The Kier molecular flexibility index (Phi) is 2.28. The first-order chi connectivity index (χ1) is 6.36. The van der Waals surface area contributed by atoms with Crippen LogP contribution in [0, 0.1) is 6.07 Å². The molecule has 63 valence electrons. The Hall–Kier alpha value is -1.34. The van der Waals surface area contributed by atoms with Gasteiger partial charge in [0, 0.05) is 17.8 Å². The van der Waals surface area contributed by atoms with E-state index in [2.05, 4.69) is 11.1 Å². The van der Waals surface area contributed by atoms with E-state index in [4.69, 9.17) is 11.6 Å². The molecule has 0 aliphatic rings. The van der Waals surface area contributed by atoms with Crippen molar-refractivity contribution in [3.05, 3.63) is 53.7 Å². The average Bonchev–Trinajstić information content (AvgIpc) is 2.19. The standard InChI is InChI=1S/C11H7ClN/c12-10-6-7-13-11(8-10)9-4-2-1-3-5-9/h1-5,7-8H. The Morgan fingerprint density at radius 2 is 1.92 bits per heavy atom. The van der Waals surface area contributed by atoms with Crippen molar-refractivity contribution in [1.29, 1.82) is 0 Å². The van der Waals surface area contributed by atoms with Gasteiger partial charge in [-0.05, 0) is 6.07 Å². The molecule has 0 saturated carbocycles. The molecule has 0 aliphatic carbocycles. The first-order valence-electron chi connectivity index (χ1n) is 3.95. The van der Waals surface area contributed by atoms with Gasteiger partial charge < -0.3 is 0 Å². The normalized spacial score (nSPS) is 9.92. The molecular weight excluding hydrogens is 182 g/mol. The molecule has 1 aromatic heterocycles. The Bertz CT molecular complexity index is 398. The number of hydrogen-bond donors (Lipinski definition) is 0. The second-order valence-electron chi connectivity index (χ2n) is 2.65. The second-order valence-corrected chi connectivity index (χ2v) is 3.05. The minimum Gasteiger partial charge on any atom is -0.256 e. The van der Waals surface area contributed by atoms with E-state index in [1.807, 2.05) is 30.3 Å². The monoisotopic (exact) mass is 188 g/mol. The van der Waals surface area contributed by atoms with Crippen molar-refractivity contribution in [1.82, 2.24) is 4.98 Å². The molecule has 0 saturated heterocycles. The first kappa shape index (κ1) is 8.27. The second kappa shape index (κ2) is 3.58. The van der Waals surface area contributed by atoms with Gasteiger partial charge in [-0.25, -0.2) is 0 Å². The van der Waals surface area contributed by atoms with E-state index in [1.165, 1.54) is 0 Å². The summed E-state index contributed by atoms with van der Waals surface area (Å²) in [6.45, 7) is 0. The summed E-state index contributed by atoms with van der Waals surface area (Å²) in [4.78, 5) is 4.17. The van der Waals surface area contributed by atoms with E-state index >= 15 is 0 Å². The van der Waals surface area contributed by atoms with Gasteiger partial charge in [-0.2, -0.15) is 0 Å². The molecule has 2 aromatic rings. The van der Waals surface area contributed by atoms with Crippen LogP contribution in [0.25, 0.3) is 11.3 Å². The Morgan fingerprint density at radius 1 is 1.15 bits per heavy atom. The molecule has 1 radical (unpaired) electrons. The van der Waals surface area contributed by atoms with Gasteiger partial charge in [0.2, 0.25) is 0 Å². The smallest absolute Gasteiger partial charge is 0.0717 e. The van der Waals surface area contributed by atoms with Crippen molar-refractivity contribution in [3.63, 3.8) is 0 Å². The molecule has 13 heavy (non-hydrogen) atoms. The lowest BCUT2D eigenvalue weighted by Crippen LogP contribution is -1.81. The summed E-state index contributed by atoms with van der Waals surface area (Å²) < 4.78 is 0. The molecule has 0 amide bonds. The maximum atomic E-state index is 5.80. The molecule has 0 unspecified atom stereocenters. The van der Waals surface area contributed by atoms with Crippen molar-refractivity contribution in [3.8, 4) is 11.3 Å². The maximum Gasteiger partial charge on any atom is 0.0717 e. The third-order valence-corrected chi connectivity index (χ3v) is 1.96. The number of benzene rings is 1. The van der Waals surface area contributed by atoms with Crippen LogP contribution in [0.3, 0.4) is 0 Å². The molecule has 1 heterocycles. The summed E-state index contributed by atoms with van der Waals surface area (Å²) >= 11 is 5.80. The van der Waals surface area contributed by atoms with Crippen LogP contribution in [0.1, 0.15) is 0 Å². The lowest BCUT2D eigenvalue weighted by atomic mass is 10.1. The van der Waals surface area contributed by atoms with Gasteiger partial charge in [0.1, 0.15) is 0 Å². The summed E-state index contributed by atoms with van der Waals surface area (Å²) in [6, 6.07) is 14.5. The summed E-state index contributed by atoms with van der Waals surface area (Å²) in [5.41, 5.74) is 1.95. The van der Waals surface area contributed by atoms with Gasteiger partial charge in [0.15, 0.2) is 0 Å². The zero-order valence-electron chi connectivity index (χ0n) is 6.87. The molecule has 1 nitrogen and oxygen atoms in total. The fraction of sp³-hybridized carbons (Fsp3) is 0. The third kappa shape index (κ3) is 1.87. The number of rotatable bonds is 1. The van der Waals surface area contributed by atoms with Crippen LogP contribution in [0.5, 0.6) is 0 Å². The topological polar surface area (TPSA) is 12.9 Å². The van der Waals surface area contributed by atoms with E-state index in [9.17, 15) is 0 Å². The lowest BCUT2D eigenvalue weighted by molar-refractivity contribution is 1.32. The Morgan fingerprint density at radius 3 is 2.62 bits per heavy atom. The highest BCUT2D eigenvalue weighted by Gasteiger charge is 1.97. The van der Waals surface area contributed by atoms with Crippen molar-refractivity contribution in [2.75, 3.05) is 0 Å². The molecule has 0 spiro atoms. The summed E-state index contributed by atoms with van der Waals surface area (Å²) in [5.74, 6) is 0. The van der Waals surface area contributed by atoms with Crippen molar-refractivity contribution in [2.45, 2.75) is 0 Å². The Labute approximate surface area is 82.0 Å². The summed E-state index contributed by atoms with van der Waals surface area (Å²) in [6.07, 6.45) is 1.59. The predicted molar refractivity (Wildman–Crippen MR) is 53.5 cm³/mol. The lowest BCUT2D eigenvalue weighted by Gasteiger charge is -1.99. The highest BCUT2D eigenvalue weighted by molar-refractivity contribution is 6.30. The molecule has 0 N–H and O–H groups in total. The molecule has 2 heteroatoms. The minimum absolute atomic E-state index is 0.592. The van der Waals surface area contributed by atoms with Crippen molar-refractivity contribution >= 4 is 11.6 Å². The van der Waals surface area contributed by atoms with Gasteiger partial charge >= 0.3 is 0 Å². The van der Waals surface area contributed by atoms with Gasteiger partial charge in [-0.3, -0.25) is 4.98 Å². The van der Waals surface area contributed by atoms with Crippen LogP contribution < -0.4 is 0 Å². The number of aromatic nitrogens is 1. The highest BCUT2D eigenvalue weighted by atomic mass is 35.5. The molecule has 2 rings (SSSR count). The molecule has 0 atom stereocenters. The number of nitrogens with zero attached hydrogens (tertiary/aromatic N) is 1. The van der Waals surface area contributed by atoms with Crippen LogP contribution in [0.15, 0.2) is 42.6 Å². The Balaban J connectivity index is 2.48. The zero-order valence-corrected chi connectivity index (χ0v) is 7.62. The van der Waals surface area contributed by atoms with E-state index in [0.29, 0.717) is 5.02 Å². The van der Waals surface area contributed by atoms with Gasteiger partial charge in [-0.15, -0.1) is 0 Å². The summed E-state index contributed by atoms with van der Waals surface area (Å²) in [7, 11) is 0. The number of hydrogen-bond acceptors (Lipinski definition) is 1. The molecular formula is C11H7ClN. The van der Waals surface area contributed by atoms with Crippen LogP contribution >= 0.6 is 11.6 Å². The maximum absolute atomic E-state index is 5.80. The number of pyridine rings is 1. The number of halogens is 1.